The summed E-state index contributed by atoms with van der Waals surface area (Å²) in [5.74, 6) is -0.136. The first-order valence-electron chi connectivity index (χ1n) is 11.0. The predicted octanol–water partition coefficient (Wildman–Crippen LogP) is 3.13. The molecule has 0 amide bonds. The molecule has 4 rings (SSSR count). The number of fused-ring (bicyclic) bond motifs is 1. The van der Waals surface area contributed by atoms with E-state index >= 15 is 0 Å². The van der Waals surface area contributed by atoms with Gasteiger partial charge in [-0.2, -0.15) is 0 Å². The van der Waals surface area contributed by atoms with Crippen molar-refractivity contribution in [1.29, 1.82) is 0 Å². The molecule has 3 heterocycles. The second-order valence-electron chi connectivity index (χ2n) is 8.17. The van der Waals surface area contributed by atoms with Crippen LogP contribution >= 0.6 is 0 Å². The molecule has 1 aliphatic heterocycles. The van der Waals surface area contributed by atoms with Gasteiger partial charge in [-0.3, -0.25) is 9.36 Å². The van der Waals surface area contributed by atoms with Gasteiger partial charge in [0.1, 0.15) is 28.8 Å². The second kappa shape index (κ2) is 9.98. The first-order valence-corrected chi connectivity index (χ1v) is 11.0. The summed E-state index contributed by atoms with van der Waals surface area (Å²) in [5.41, 5.74) is 0.159. The Morgan fingerprint density at radius 2 is 1.88 bits per heavy atom. The van der Waals surface area contributed by atoms with Crippen molar-refractivity contribution >= 4 is 22.5 Å². The lowest BCUT2D eigenvalue weighted by Gasteiger charge is -2.29. The van der Waals surface area contributed by atoms with Crippen molar-refractivity contribution in [2.45, 2.75) is 25.9 Å². The van der Waals surface area contributed by atoms with Crippen LogP contribution in [0.2, 0.25) is 0 Å². The van der Waals surface area contributed by atoms with Gasteiger partial charge >= 0.3 is 0 Å². The van der Waals surface area contributed by atoms with Crippen LogP contribution in [0, 0.1) is 5.82 Å². The maximum Gasteiger partial charge on any atom is 0.275 e. The van der Waals surface area contributed by atoms with Crippen LogP contribution in [0.5, 0.6) is 0 Å². The fourth-order valence-corrected chi connectivity index (χ4v) is 4.09. The van der Waals surface area contributed by atoms with E-state index in [4.69, 9.17) is 4.74 Å². The highest BCUT2D eigenvalue weighted by Crippen LogP contribution is 2.31. The molecule has 2 N–H and O–H groups in total. The van der Waals surface area contributed by atoms with Crippen molar-refractivity contribution in [1.82, 2.24) is 19.9 Å². The number of nitrogens with zero attached hydrogens (tertiary/aromatic N) is 4. The Morgan fingerprint density at radius 3 is 2.56 bits per heavy atom. The van der Waals surface area contributed by atoms with Gasteiger partial charge in [-0.1, -0.05) is 18.2 Å². The second-order valence-corrected chi connectivity index (χ2v) is 8.17. The summed E-state index contributed by atoms with van der Waals surface area (Å²) in [6, 6.07) is 5.00. The quantitative estimate of drug-likeness (QED) is 0.542. The minimum Gasteiger partial charge on any atom is -0.378 e. The SMILES string of the molecule is CNCc1nc(N[C@H](C)c2cccc(C(F)F)c2F)c2cc(N3CCOCC3)c(=O)n(C)c2n1. The number of ether oxygens (including phenoxy) is 1. The van der Waals surface area contributed by atoms with E-state index in [1.165, 1.54) is 16.7 Å². The van der Waals surface area contributed by atoms with Gasteiger partial charge in [-0.05, 0) is 20.0 Å². The lowest BCUT2D eigenvalue weighted by atomic mass is 10.0. The number of benzene rings is 1. The summed E-state index contributed by atoms with van der Waals surface area (Å²) < 4.78 is 48.1. The number of alkyl halides is 2. The molecule has 0 saturated carbocycles. The summed E-state index contributed by atoms with van der Waals surface area (Å²) in [7, 11) is 3.39. The van der Waals surface area contributed by atoms with Gasteiger partial charge in [-0.15, -0.1) is 0 Å². The zero-order chi connectivity index (χ0) is 24.4. The fraction of sp³-hybridized carbons (Fsp3) is 0.435. The van der Waals surface area contributed by atoms with Crippen LogP contribution in [0.25, 0.3) is 11.0 Å². The predicted molar refractivity (Wildman–Crippen MR) is 124 cm³/mol. The number of anilines is 2. The molecule has 8 nitrogen and oxygen atoms in total. The molecule has 182 valence electrons. The van der Waals surface area contributed by atoms with Gasteiger partial charge in [0, 0.05) is 25.7 Å². The largest absolute Gasteiger partial charge is 0.378 e. The number of morpholine rings is 1. The zero-order valence-electron chi connectivity index (χ0n) is 19.2. The van der Waals surface area contributed by atoms with Crippen LogP contribution in [-0.2, 0) is 18.3 Å². The lowest BCUT2D eigenvalue weighted by molar-refractivity contribution is 0.122. The van der Waals surface area contributed by atoms with Crippen molar-refractivity contribution in [3.05, 3.63) is 57.4 Å². The first-order chi connectivity index (χ1) is 16.3. The summed E-state index contributed by atoms with van der Waals surface area (Å²) in [4.78, 5) is 24.2. The van der Waals surface area contributed by atoms with E-state index in [1.54, 1.807) is 27.1 Å². The highest BCUT2D eigenvalue weighted by atomic mass is 19.3. The highest BCUT2D eigenvalue weighted by molar-refractivity contribution is 5.89. The molecule has 1 fully saturated rings. The van der Waals surface area contributed by atoms with E-state index in [2.05, 4.69) is 20.6 Å². The molecular weight excluding hydrogens is 449 g/mol. The van der Waals surface area contributed by atoms with Crippen molar-refractivity contribution in [3.8, 4) is 0 Å². The number of hydrogen-bond donors (Lipinski definition) is 2. The molecular formula is C23H27F3N6O2. The van der Waals surface area contributed by atoms with E-state index in [0.29, 0.717) is 61.2 Å². The normalized spacial score (nSPS) is 15.2. The summed E-state index contributed by atoms with van der Waals surface area (Å²) in [5, 5.41) is 6.71. The number of halogens is 3. The monoisotopic (exact) mass is 476 g/mol. The Bertz CT molecular complexity index is 1240. The molecule has 0 radical (unpaired) electrons. The molecule has 0 bridgehead atoms. The van der Waals surface area contributed by atoms with E-state index in [9.17, 15) is 18.0 Å². The Balaban J connectivity index is 1.82. The molecule has 0 spiro atoms. The van der Waals surface area contributed by atoms with Gasteiger partial charge in [0.25, 0.3) is 12.0 Å². The highest BCUT2D eigenvalue weighted by Gasteiger charge is 2.23. The van der Waals surface area contributed by atoms with Crippen molar-refractivity contribution in [2.24, 2.45) is 7.05 Å². The Kier molecular flexibility index (Phi) is 7.03. The number of aromatic nitrogens is 3. The molecule has 0 unspecified atom stereocenters. The smallest absolute Gasteiger partial charge is 0.275 e. The molecule has 11 heteroatoms. The first kappa shape index (κ1) is 24.0. The van der Waals surface area contributed by atoms with Gasteiger partial charge < -0.3 is 20.3 Å². The standard InChI is InChI=1S/C23H27F3N6O2/c1-13(14-5-4-6-15(19(14)24)20(25)26)28-21-16-11-17(32-7-9-34-10-8-32)23(33)31(3)22(16)30-18(29-21)12-27-2/h4-6,11,13,20,27H,7-10,12H2,1-3H3,(H,28,29,30)/t13-/m1/s1. The van der Waals surface area contributed by atoms with Gasteiger partial charge in [-0.25, -0.2) is 23.1 Å². The lowest BCUT2D eigenvalue weighted by Crippen LogP contribution is -2.40. The van der Waals surface area contributed by atoms with Crippen molar-refractivity contribution in [3.63, 3.8) is 0 Å². The number of hydrogen-bond acceptors (Lipinski definition) is 7. The van der Waals surface area contributed by atoms with Gasteiger partial charge in [0.05, 0.1) is 36.8 Å². The maximum atomic E-state index is 14.8. The molecule has 1 saturated heterocycles. The minimum atomic E-state index is -2.92. The minimum absolute atomic E-state index is 0.0953. The Morgan fingerprint density at radius 1 is 1.18 bits per heavy atom. The average Bonchev–Trinajstić information content (AvgIpc) is 2.82. The average molecular weight is 477 g/mol. The van der Waals surface area contributed by atoms with Crippen LogP contribution < -0.4 is 21.1 Å². The number of pyridine rings is 1. The van der Waals surface area contributed by atoms with Crippen LogP contribution in [-0.4, -0.2) is 47.9 Å². The molecule has 0 aliphatic carbocycles. The third-order valence-corrected chi connectivity index (χ3v) is 5.89. The van der Waals surface area contributed by atoms with Crippen molar-refractivity contribution < 1.29 is 17.9 Å². The van der Waals surface area contributed by atoms with E-state index < -0.39 is 23.8 Å². The summed E-state index contributed by atoms with van der Waals surface area (Å²) >= 11 is 0. The topological polar surface area (TPSA) is 84.3 Å². The maximum absolute atomic E-state index is 14.8. The fourth-order valence-electron chi connectivity index (χ4n) is 4.09. The summed E-state index contributed by atoms with van der Waals surface area (Å²) in [6.07, 6.45) is -2.92. The van der Waals surface area contributed by atoms with Crippen LogP contribution in [0.4, 0.5) is 24.7 Å². The Hall–Kier alpha value is -3.18. The molecule has 3 aromatic rings. The molecule has 2 aromatic heterocycles. The van der Waals surface area contributed by atoms with Gasteiger partial charge in [0.15, 0.2) is 0 Å². The zero-order valence-corrected chi connectivity index (χ0v) is 19.2. The molecule has 1 atom stereocenters. The molecule has 34 heavy (non-hydrogen) atoms. The number of rotatable bonds is 7. The van der Waals surface area contributed by atoms with E-state index in [0.717, 1.165) is 6.07 Å². The van der Waals surface area contributed by atoms with Crippen LogP contribution in [0.3, 0.4) is 0 Å². The van der Waals surface area contributed by atoms with Crippen LogP contribution in [0.1, 0.15) is 36.3 Å². The van der Waals surface area contributed by atoms with E-state index in [1.807, 2.05) is 4.90 Å². The Labute approximate surface area is 194 Å². The molecule has 1 aromatic carbocycles. The summed E-state index contributed by atoms with van der Waals surface area (Å²) in [6.45, 7) is 4.19. The third kappa shape index (κ3) is 4.58. The van der Waals surface area contributed by atoms with Gasteiger partial charge in [0.2, 0.25) is 0 Å². The van der Waals surface area contributed by atoms with Crippen LogP contribution in [0.15, 0.2) is 29.1 Å². The number of aryl methyl sites for hydroxylation is 1. The molecule has 1 aliphatic rings. The van der Waals surface area contributed by atoms with E-state index in [-0.39, 0.29) is 11.1 Å². The van der Waals surface area contributed by atoms with Crippen molar-refractivity contribution in [2.75, 3.05) is 43.6 Å². The third-order valence-electron chi connectivity index (χ3n) is 5.89. The number of nitrogens with one attached hydrogen (secondary N) is 2.